The van der Waals surface area contributed by atoms with Crippen LogP contribution in [0.4, 0.5) is 4.39 Å². The normalized spacial score (nSPS) is 17.3. The molecule has 3 rings (SSSR count). The minimum atomic E-state index is -0.819. The molecule has 2 heterocycles. The van der Waals surface area contributed by atoms with Crippen LogP contribution in [0, 0.1) is 12.7 Å². The smallest absolute Gasteiger partial charge is 0.375 e. The number of ether oxygens (including phenoxy) is 1. The predicted molar refractivity (Wildman–Crippen MR) is 89.7 cm³/mol. The van der Waals surface area contributed by atoms with Gasteiger partial charge in [-0.25, -0.2) is 9.18 Å². The summed E-state index contributed by atoms with van der Waals surface area (Å²) in [4.78, 5) is 37.4. The molecule has 1 aliphatic heterocycles. The number of rotatable bonds is 4. The fourth-order valence-corrected chi connectivity index (χ4v) is 3.19. The number of hydrogen-bond acceptors (Lipinski definition) is 5. The number of benzene rings is 1. The molecule has 2 amide bonds. The van der Waals surface area contributed by atoms with Crippen molar-refractivity contribution in [2.45, 2.75) is 32.2 Å². The zero-order chi connectivity index (χ0) is 18.8. The van der Waals surface area contributed by atoms with Crippen molar-refractivity contribution in [3.8, 4) is 0 Å². The van der Waals surface area contributed by atoms with Crippen LogP contribution in [0.3, 0.4) is 0 Å². The lowest BCUT2D eigenvalue weighted by molar-refractivity contribution is -0.143. The van der Waals surface area contributed by atoms with Crippen LogP contribution < -0.4 is 5.73 Å². The lowest BCUT2D eigenvalue weighted by Crippen LogP contribution is -2.51. The number of piperidine rings is 1. The highest BCUT2D eigenvalue weighted by Crippen LogP contribution is 2.26. The van der Waals surface area contributed by atoms with E-state index in [0.29, 0.717) is 29.5 Å². The van der Waals surface area contributed by atoms with E-state index in [4.69, 9.17) is 14.9 Å². The monoisotopic (exact) mass is 362 g/mol. The summed E-state index contributed by atoms with van der Waals surface area (Å²) in [6.07, 6.45) is 2.08. The highest BCUT2D eigenvalue weighted by molar-refractivity contribution is 5.97. The number of carbonyl (C=O) groups excluding carboxylic acids is 3. The van der Waals surface area contributed by atoms with Gasteiger partial charge in [-0.2, -0.15) is 0 Å². The van der Waals surface area contributed by atoms with Crippen LogP contribution in [0.2, 0.25) is 0 Å². The summed E-state index contributed by atoms with van der Waals surface area (Å²) >= 11 is 0. The van der Waals surface area contributed by atoms with Crippen LogP contribution in [0.25, 0.3) is 11.0 Å². The van der Waals surface area contributed by atoms with Crippen LogP contribution in [-0.2, 0) is 14.3 Å². The highest BCUT2D eigenvalue weighted by Gasteiger charge is 2.31. The molecular weight excluding hydrogens is 343 g/mol. The largest absolute Gasteiger partial charge is 0.450 e. The van der Waals surface area contributed by atoms with Crippen molar-refractivity contribution >= 4 is 28.8 Å². The minimum Gasteiger partial charge on any atom is -0.450 e. The molecule has 0 aliphatic carbocycles. The molecule has 2 aromatic rings. The summed E-state index contributed by atoms with van der Waals surface area (Å²) in [5, 5.41) is 0.466. The molecule has 138 valence electrons. The second-order valence-electron chi connectivity index (χ2n) is 6.27. The van der Waals surface area contributed by atoms with Crippen molar-refractivity contribution in [1.29, 1.82) is 0 Å². The molecule has 1 aliphatic rings. The van der Waals surface area contributed by atoms with Gasteiger partial charge >= 0.3 is 5.97 Å². The number of fused-ring (bicyclic) bond motifs is 1. The Labute approximate surface area is 148 Å². The summed E-state index contributed by atoms with van der Waals surface area (Å²) in [5.41, 5.74) is 6.12. The van der Waals surface area contributed by atoms with Crippen molar-refractivity contribution in [1.82, 2.24) is 4.90 Å². The predicted octanol–water partition coefficient (Wildman–Crippen LogP) is 1.90. The third-order valence-electron chi connectivity index (χ3n) is 4.56. The minimum absolute atomic E-state index is 0.0801. The first-order chi connectivity index (χ1) is 12.4. The number of amides is 2. The molecular formula is C18H19FN2O5. The Hall–Kier alpha value is -2.90. The van der Waals surface area contributed by atoms with Gasteiger partial charge in [0.05, 0.1) is 0 Å². The zero-order valence-electron chi connectivity index (χ0n) is 14.3. The Morgan fingerprint density at radius 1 is 1.35 bits per heavy atom. The highest BCUT2D eigenvalue weighted by atomic mass is 19.1. The van der Waals surface area contributed by atoms with Crippen molar-refractivity contribution in [3.05, 3.63) is 35.3 Å². The molecule has 0 radical (unpaired) electrons. The number of halogens is 1. The number of nitrogens with zero attached hydrogens (tertiary/aromatic N) is 1. The standard InChI is InChI=1S/C18H19FN2O5/c1-10-12-8-11(19)5-6-14(12)26-16(10)18(24)25-9-15(22)21-7-3-2-4-13(21)17(20)23/h5-6,8,13H,2-4,7,9H2,1H3,(H2,20,23)/t13-/m0/s1. The van der Waals surface area contributed by atoms with Gasteiger partial charge in [0.2, 0.25) is 11.7 Å². The van der Waals surface area contributed by atoms with Gasteiger partial charge in [-0.1, -0.05) is 0 Å². The van der Waals surface area contributed by atoms with Crippen molar-refractivity contribution in [2.75, 3.05) is 13.2 Å². The first-order valence-corrected chi connectivity index (χ1v) is 8.33. The molecule has 2 N–H and O–H groups in total. The number of nitrogens with two attached hydrogens (primary N) is 1. The maximum absolute atomic E-state index is 13.3. The zero-order valence-corrected chi connectivity index (χ0v) is 14.3. The third kappa shape index (κ3) is 3.40. The van der Waals surface area contributed by atoms with Gasteiger partial charge in [-0.05, 0) is 44.4 Å². The van der Waals surface area contributed by atoms with E-state index in [0.717, 1.165) is 12.8 Å². The van der Waals surface area contributed by atoms with E-state index in [2.05, 4.69) is 0 Å². The summed E-state index contributed by atoms with van der Waals surface area (Å²) in [7, 11) is 0. The Kier molecular flexibility index (Phi) is 4.92. The summed E-state index contributed by atoms with van der Waals surface area (Å²) in [6, 6.07) is 3.24. The fourth-order valence-electron chi connectivity index (χ4n) is 3.19. The summed E-state index contributed by atoms with van der Waals surface area (Å²) in [6.45, 7) is 1.48. The number of esters is 1. The molecule has 8 heteroatoms. The first-order valence-electron chi connectivity index (χ1n) is 8.33. The van der Waals surface area contributed by atoms with E-state index in [1.54, 1.807) is 6.92 Å². The van der Waals surface area contributed by atoms with Gasteiger partial charge in [0.1, 0.15) is 17.4 Å². The molecule has 26 heavy (non-hydrogen) atoms. The average molecular weight is 362 g/mol. The van der Waals surface area contributed by atoms with E-state index in [-0.39, 0.29) is 5.76 Å². The van der Waals surface area contributed by atoms with Gasteiger partial charge < -0.3 is 19.8 Å². The quantitative estimate of drug-likeness (QED) is 0.837. The van der Waals surface area contributed by atoms with Crippen molar-refractivity contribution < 1.29 is 27.9 Å². The third-order valence-corrected chi connectivity index (χ3v) is 4.56. The molecule has 1 fully saturated rings. The number of furan rings is 1. The van der Waals surface area contributed by atoms with Crippen LogP contribution in [0.15, 0.2) is 22.6 Å². The number of likely N-dealkylation sites (tertiary alicyclic amines) is 1. The van der Waals surface area contributed by atoms with Crippen LogP contribution in [0.1, 0.15) is 35.4 Å². The van der Waals surface area contributed by atoms with Crippen LogP contribution >= 0.6 is 0 Å². The fraction of sp³-hybridized carbons (Fsp3) is 0.389. The maximum Gasteiger partial charge on any atom is 0.375 e. The number of hydrogen-bond donors (Lipinski definition) is 1. The molecule has 1 atom stereocenters. The number of carbonyl (C=O) groups is 3. The molecule has 0 saturated carbocycles. The molecule has 7 nitrogen and oxygen atoms in total. The molecule has 0 unspecified atom stereocenters. The molecule has 1 aromatic carbocycles. The Morgan fingerprint density at radius 3 is 2.85 bits per heavy atom. The Morgan fingerprint density at radius 2 is 2.12 bits per heavy atom. The van der Waals surface area contributed by atoms with E-state index in [1.165, 1.54) is 23.1 Å². The second kappa shape index (κ2) is 7.15. The van der Waals surface area contributed by atoms with Crippen molar-refractivity contribution in [2.24, 2.45) is 5.73 Å². The SMILES string of the molecule is Cc1c(C(=O)OCC(=O)N2CCCC[C@H]2C(N)=O)oc2ccc(F)cc12. The van der Waals surface area contributed by atoms with Gasteiger partial charge in [0.25, 0.3) is 5.91 Å². The topological polar surface area (TPSA) is 103 Å². The van der Waals surface area contributed by atoms with Gasteiger partial charge in [-0.15, -0.1) is 0 Å². The van der Waals surface area contributed by atoms with Crippen LogP contribution in [0.5, 0.6) is 0 Å². The lowest BCUT2D eigenvalue weighted by atomic mass is 10.0. The second-order valence-corrected chi connectivity index (χ2v) is 6.27. The van der Waals surface area contributed by atoms with Gasteiger partial charge in [0.15, 0.2) is 6.61 Å². The average Bonchev–Trinajstić information content (AvgIpc) is 2.95. The molecule has 0 spiro atoms. The molecule has 1 aromatic heterocycles. The Bertz CT molecular complexity index is 876. The molecule has 1 saturated heterocycles. The summed E-state index contributed by atoms with van der Waals surface area (Å²) in [5.74, 6) is -2.40. The van der Waals surface area contributed by atoms with Gasteiger partial charge in [0, 0.05) is 17.5 Å². The van der Waals surface area contributed by atoms with Crippen molar-refractivity contribution in [3.63, 3.8) is 0 Å². The summed E-state index contributed by atoms with van der Waals surface area (Å²) < 4.78 is 23.8. The maximum atomic E-state index is 13.3. The van der Waals surface area contributed by atoms with E-state index < -0.39 is 36.2 Å². The van der Waals surface area contributed by atoms with E-state index >= 15 is 0 Å². The first kappa shape index (κ1) is 17.9. The van der Waals surface area contributed by atoms with Gasteiger partial charge in [-0.3, -0.25) is 9.59 Å². The Balaban J connectivity index is 1.69. The number of primary amides is 1. The lowest BCUT2D eigenvalue weighted by Gasteiger charge is -2.33. The van der Waals surface area contributed by atoms with E-state index in [1.807, 2.05) is 0 Å². The van der Waals surface area contributed by atoms with Crippen LogP contribution in [-0.4, -0.2) is 41.9 Å². The number of aryl methyl sites for hydroxylation is 1. The van der Waals surface area contributed by atoms with E-state index in [9.17, 15) is 18.8 Å². The molecule has 0 bridgehead atoms.